The molecule has 43 heavy (non-hydrogen) atoms. The van der Waals surface area contributed by atoms with Crippen molar-refractivity contribution in [3.63, 3.8) is 0 Å². The summed E-state index contributed by atoms with van der Waals surface area (Å²) in [6, 6.07) is 6.89. The van der Waals surface area contributed by atoms with Gasteiger partial charge in [0.1, 0.15) is 23.2 Å². The molecule has 1 saturated heterocycles. The highest BCUT2D eigenvalue weighted by molar-refractivity contribution is 5.96. The second kappa shape index (κ2) is 12.1. The lowest BCUT2D eigenvalue weighted by Crippen LogP contribution is -2.56. The summed E-state index contributed by atoms with van der Waals surface area (Å²) in [5, 5.41) is 28.4. The van der Waals surface area contributed by atoms with Crippen LogP contribution in [0.15, 0.2) is 42.5 Å². The van der Waals surface area contributed by atoms with Gasteiger partial charge in [-0.2, -0.15) is 4.80 Å². The summed E-state index contributed by atoms with van der Waals surface area (Å²) < 4.78 is 5.43. The van der Waals surface area contributed by atoms with Crippen molar-refractivity contribution in [2.45, 2.75) is 95.0 Å². The molecule has 2 fully saturated rings. The van der Waals surface area contributed by atoms with E-state index in [1.54, 1.807) is 20.8 Å². The van der Waals surface area contributed by atoms with Crippen LogP contribution < -0.4 is 10.6 Å². The average Bonchev–Trinajstić information content (AvgIpc) is 3.28. The smallest absolute Gasteiger partial charge is 0.408 e. The number of hydrogen-bond donors (Lipinski definition) is 3. The number of fused-ring (bicyclic) bond motifs is 2. The third kappa shape index (κ3) is 6.86. The molecule has 1 aliphatic carbocycles. The predicted molar refractivity (Wildman–Crippen MR) is 154 cm³/mol. The molecule has 3 N–H and O–H groups in total. The maximum absolute atomic E-state index is 14.1. The summed E-state index contributed by atoms with van der Waals surface area (Å²) in [7, 11) is 0. The average molecular weight is 594 g/mol. The number of carbonyl (C=O) groups excluding carboxylic acids is 3. The number of nitrogens with one attached hydrogen (secondary N) is 2. The summed E-state index contributed by atoms with van der Waals surface area (Å²) in [5.74, 6) is -2.04. The first-order valence-electron chi connectivity index (χ1n) is 14.8. The first kappa shape index (κ1) is 30.2. The minimum atomic E-state index is -1.42. The van der Waals surface area contributed by atoms with Crippen LogP contribution in [-0.2, 0) is 19.1 Å². The fourth-order valence-electron chi connectivity index (χ4n) is 5.78. The Labute approximate surface area is 250 Å². The SMILES string of the molecule is CC(C)(C)OC(=O)N[C@@H]1CCCCCC=C[C@@H]2C[C@]2(C(=O)O)NC(=O)[C@@H]2C[C@H](n3nnc(-c4ccccc4)n3)CN2C1=O. The number of hydrogen-bond acceptors (Lipinski definition) is 8. The molecule has 0 spiro atoms. The van der Waals surface area contributed by atoms with Crippen LogP contribution in [0.2, 0.25) is 0 Å². The Hall–Kier alpha value is -4.29. The van der Waals surface area contributed by atoms with E-state index in [4.69, 9.17) is 4.74 Å². The minimum Gasteiger partial charge on any atom is -0.479 e. The van der Waals surface area contributed by atoms with E-state index in [9.17, 15) is 24.3 Å². The highest BCUT2D eigenvalue weighted by Crippen LogP contribution is 2.45. The van der Waals surface area contributed by atoms with Crippen molar-refractivity contribution in [2.75, 3.05) is 6.54 Å². The number of aliphatic carboxylic acids is 1. The zero-order valence-corrected chi connectivity index (χ0v) is 24.7. The van der Waals surface area contributed by atoms with Gasteiger partial charge < -0.3 is 25.4 Å². The van der Waals surface area contributed by atoms with Gasteiger partial charge in [0.15, 0.2) is 0 Å². The Balaban J connectivity index is 1.44. The second-order valence-electron chi connectivity index (χ2n) is 12.5. The number of carbonyl (C=O) groups is 4. The molecular formula is C30H39N7O6. The van der Waals surface area contributed by atoms with Crippen LogP contribution in [0.3, 0.4) is 0 Å². The number of carboxylic acid groups (broad SMARTS) is 1. The molecule has 2 aromatic rings. The van der Waals surface area contributed by atoms with Gasteiger partial charge in [-0.3, -0.25) is 9.59 Å². The molecule has 3 amide bonds. The quantitative estimate of drug-likeness (QED) is 0.451. The van der Waals surface area contributed by atoms with Crippen LogP contribution in [0.25, 0.3) is 11.4 Å². The number of tetrazole rings is 1. The molecule has 5 rings (SSSR count). The third-order valence-corrected chi connectivity index (χ3v) is 8.12. The van der Waals surface area contributed by atoms with E-state index < -0.39 is 53.1 Å². The monoisotopic (exact) mass is 593 g/mol. The van der Waals surface area contributed by atoms with Crippen molar-refractivity contribution < 1.29 is 29.0 Å². The van der Waals surface area contributed by atoms with Gasteiger partial charge in [-0.15, -0.1) is 10.2 Å². The molecule has 1 aromatic heterocycles. The fourth-order valence-corrected chi connectivity index (χ4v) is 5.78. The fraction of sp³-hybridized carbons (Fsp3) is 0.567. The van der Waals surface area contributed by atoms with Gasteiger partial charge >= 0.3 is 12.1 Å². The van der Waals surface area contributed by atoms with Crippen LogP contribution in [0.4, 0.5) is 4.79 Å². The number of benzene rings is 1. The van der Waals surface area contributed by atoms with Crippen molar-refractivity contribution in [2.24, 2.45) is 5.92 Å². The zero-order valence-electron chi connectivity index (χ0n) is 24.7. The molecule has 3 aliphatic rings. The third-order valence-electron chi connectivity index (χ3n) is 8.12. The van der Waals surface area contributed by atoms with Gasteiger partial charge in [-0.05, 0) is 51.7 Å². The molecule has 0 bridgehead atoms. The topological polar surface area (TPSA) is 169 Å². The van der Waals surface area contributed by atoms with Crippen molar-refractivity contribution in [3.05, 3.63) is 42.5 Å². The maximum atomic E-state index is 14.1. The number of amides is 3. The van der Waals surface area contributed by atoms with Crippen molar-refractivity contribution in [1.29, 1.82) is 0 Å². The summed E-state index contributed by atoms with van der Waals surface area (Å²) in [4.78, 5) is 55.7. The summed E-state index contributed by atoms with van der Waals surface area (Å²) in [6.07, 6.45) is 6.98. The van der Waals surface area contributed by atoms with Gasteiger partial charge in [-0.1, -0.05) is 55.3 Å². The van der Waals surface area contributed by atoms with Crippen LogP contribution in [0.1, 0.15) is 71.8 Å². The lowest BCUT2D eigenvalue weighted by Gasteiger charge is -2.30. The van der Waals surface area contributed by atoms with Gasteiger partial charge in [0.05, 0.1) is 6.04 Å². The molecule has 3 heterocycles. The van der Waals surface area contributed by atoms with Crippen molar-refractivity contribution in [1.82, 2.24) is 35.7 Å². The first-order chi connectivity index (χ1) is 20.5. The van der Waals surface area contributed by atoms with E-state index >= 15 is 0 Å². The van der Waals surface area contributed by atoms with Crippen LogP contribution in [-0.4, -0.2) is 83.9 Å². The summed E-state index contributed by atoms with van der Waals surface area (Å²) in [5.41, 5.74) is -1.41. The highest BCUT2D eigenvalue weighted by atomic mass is 16.6. The predicted octanol–water partition coefficient (Wildman–Crippen LogP) is 2.86. The number of allylic oxidation sites excluding steroid dienone is 1. The lowest BCUT2D eigenvalue weighted by molar-refractivity contribution is -0.145. The minimum absolute atomic E-state index is 0.0808. The largest absolute Gasteiger partial charge is 0.479 e. The first-order valence-corrected chi connectivity index (χ1v) is 14.8. The zero-order chi connectivity index (χ0) is 30.8. The van der Waals surface area contributed by atoms with E-state index in [-0.39, 0.29) is 25.3 Å². The number of carboxylic acids is 1. The summed E-state index contributed by atoms with van der Waals surface area (Å²) >= 11 is 0. The van der Waals surface area contributed by atoms with Gasteiger partial charge in [-0.25, -0.2) is 9.59 Å². The van der Waals surface area contributed by atoms with E-state index in [1.807, 2.05) is 42.5 Å². The number of ether oxygens (including phenoxy) is 1. The highest BCUT2D eigenvalue weighted by Gasteiger charge is 2.61. The molecule has 1 saturated carbocycles. The Morgan fingerprint density at radius 1 is 1.14 bits per heavy atom. The Morgan fingerprint density at radius 2 is 1.91 bits per heavy atom. The molecule has 230 valence electrons. The number of nitrogens with zero attached hydrogens (tertiary/aromatic N) is 5. The second-order valence-corrected chi connectivity index (χ2v) is 12.5. The molecular weight excluding hydrogens is 554 g/mol. The Kier molecular flexibility index (Phi) is 8.52. The molecule has 5 atom stereocenters. The van der Waals surface area contributed by atoms with E-state index in [2.05, 4.69) is 26.0 Å². The number of alkyl carbamates (subject to hydrolysis) is 1. The number of aromatic nitrogens is 4. The molecule has 0 unspecified atom stereocenters. The molecule has 13 heteroatoms. The van der Waals surface area contributed by atoms with Gasteiger partial charge in [0, 0.05) is 24.4 Å². The van der Waals surface area contributed by atoms with Gasteiger partial charge in [0.2, 0.25) is 17.6 Å². The van der Waals surface area contributed by atoms with Crippen molar-refractivity contribution in [3.8, 4) is 11.4 Å². The van der Waals surface area contributed by atoms with Gasteiger partial charge in [0.25, 0.3) is 0 Å². The van der Waals surface area contributed by atoms with Crippen molar-refractivity contribution >= 4 is 23.9 Å². The molecule has 13 nitrogen and oxygen atoms in total. The van der Waals surface area contributed by atoms with E-state index in [0.29, 0.717) is 18.7 Å². The standard InChI is InChI=1S/C30H39N7O6/c1-29(2,3)43-28(42)31-22-15-11-6-4-5-10-14-20-17-30(20,27(40)41)32-25(38)23-16-21(18-36(23)26(22)39)37-34-24(33-35-37)19-12-8-7-9-13-19/h7-10,12-14,20-23H,4-6,11,15-18H2,1-3H3,(H,31,42)(H,32,38)(H,40,41)/t20-,21+,22-,23+,30+/m1/s1. The van der Waals surface area contributed by atoms with Crippen LogP contribution in [0, 0.1) is 5.92 Å². The van der Waals surface area contributed by atoms with Crippen LogP contribution in [0.5, 0.6) is 0 Å². The number of rotatable bonds is 4. The maximum Gasteiger partial charge on any atom is 0.408 e. The Bertz CT molecular complexity index is 1390. The Morgan fingerprint density at radius 3 is 2.63 bits per heavy atom. The molecule has 1 aromatic carbocycles. The van der Waals surface area contributed by atoms with Crippen LogP contribution >= 0.6 is 0 Å². The lowest BCUT2D eigenvalue weighted by atomic mass is 10.0. The normalized spacial score (nSPS) is 28.1. The van der Waals surface area contributed by atoms with E-state index in [1.165, 1.54) is 9.70 Å². The molecule has 0 radical (unpaired) electrons. The molecule has 2 aliphatic heterocycles. The summed E-state index contributed by atoms with van der Waals surface area (Å²) in [6.45, 7) is 5.30. The van der Waals surface area contributed by atoms with E-state index in [0.717, 1.165) is 24.8 Å².